The molecule has 1 unspecified atom stereocenters. The maximum absolute atomic E-state index is 12.4. The van der Waals surface area contributed by atoms with Gasteiger partial charge in [0.1, 0.15) is 0 Å². The van der Waals surface area contributed by atoms with Gasteiger partial charge < -0.3 is 0 Å². The van der Waals surface area contributed by atoms with Crippen molar-refractivity contribution in [3.63, 3.8) is 0 Å². The molecule has 0 saturated carbocycles. The first-order chi connectivity index (χ1) is 8.09. The standard InChI is InChI=1S/C13H15NO2S/c1-10-2-5-12(6-3-10)17(15,16)14-9-8-11-4-7-13(11)14/h2-3,5-7,11H,4,8-9H2,1H3. The van der Waals surface area contributed by atoms with Crippen LogP contribution in [0.1, 0.15) is 18.4 Å². The van der Waals surface area contributed by atoms with Gasteiger partial charge in [-0.05, 0) is 31.9 Å². The van der Waals surface area contributed by atoms with Crippen molar-refractivity contribution in [2.75, 3.05) is 6.54 Å². The van der Waals surface area contributed by atoms with Gasteiger partial charge in [-0.1, -0.05) is 23.8 Å². The van der Waals surface area contributed by atoms with E-state index < -0.39 is 10.0 Å². The van der Waals surface area contributed by atoms with E-state index in [1.54, 1.807) is 16.4 Å². The Balaban J connectivity index is 1.99. The first-order valence-electron chi connectivity index (χ1n) is 5.88. The monoisotopic (exact) mass is 249 g/mol. The number of hydrogen-bond acceptors (Lipinski definition) is 2. The number of fused-ring (bicyclic) bond motifs is 1. The minimum Gasteiger partial charge on any atom is -0.270 e. The maximum atomic E-state index is 12.4. The second-order valence-corrected chi connectivity index (χ2v) is 6.60. The summed E-state index contributed by atoms with van der Waals surface area (Å²) in [5.74, 6) is 0.482. The third kappa shape index (κ3) is 1.59. The molecule has 1 heterocycles. The van der Waals surface area contributed by atoms with Crippen LogP contribution in [0, 0.1) is 12.8 Å². The van der Waals surface area contributed by atoms with E-state index in [2.05, 4.69) is 0 Å². The van der Waals surface area contributed by atoms with Crippen LogP contribution in [0.15, 0.2) is 40.9 Å². The topological polar surface area (TPSA) is 37.4 Å². The van der Waals surface area contributed by atoms with Gasteiger partial charge in [0.05, 0.1) is 4.90 Å². The van der Waals surface area contributed by atoms with Crippen LogP contribution in [-0.4, -0.2) is 19.3 Å². The lowest BCUT2D eigenvalue weighted by Crippen LogP contribution is -2.29. The summed E-state index contributed by atoms with van der Waals surface area (Å²) in [7, 11) is -3.32. The van der Waals surface area contributed by atoms with E-state index >= 15 is 0 Å². The molecule has 0 amide bonds. The van der Waals surface area contributed by atoms with Crippen molar-refractivity contribution in [1.29, 1.82) is 0 Å². The summed E-state index contributed by atoms with van der Waals surface area (Å²) in [5.41, 5.74) is 2.08. The Kier molecular flexibility index (Phi) is 2.30. The summed E-state index contributed by atoms with van der Waals surface area (Å²) in [5, 5.41) is 0. The minimum absolute atomic E-state index is 0.400. The Morgan fingerprint density at radius 1 is 1.24 bits per heavy atom. The van der Waals surface area contributed by atoms with Gasteiger partial charge in [0.25, 0.3) is 10.0 Å². The summed E-state index contributed by atoms with van der Waals surface area (Å²) in [4.78, 5) is 0.400. The SMILES string of the molecule is Cc1ccc(S(=O)(=O)N2CCC3CC=C32)cc1. The fourth-order valence-corrected chi connectivity index (χ4v) is 4.04. The van der Waals surface area contributed by atoms with E-state index in [1.807, 2.05) is 25.1 Å². The third-order valence-electron chi connectivity index (χ3n) is 3.61. The van der Waals surface area contributed by atoms with Crippen LogP contribution in [0.25, 0.3) is 0 Å². The van der Waals surface area contributed by atoms with Gasteiger partial charge >= 0.3 is 0 Å². The molecule has 0 bridgehead atoms. The van der Waals surface area contributed by atoms with Crippen LogP contribution in [0.4, 0.5) is 0 Å². The maximum Gasteiger partial charge on any atom is 0.264 e. The summed E-state index contributed by atoms with van der Waals surface area (Å²) in [6.07, 6.45) is 4.04. The zero-order chi connectivity index (χ0) is 12.0. The van der Waals surface area contributed by atoms with E-state index in [0.717, 1.165) is 24.1 Å². The normalized spacial score (nSPS) is 23.0. The van der Waals surface area contributed by atoms with Crippen molar-refractivity contribution in [1.82, 2.24) is 4.31 Å². The number of sulfonamides is 1. The quantitative estimate of drug-likeness (QED) is 0.806. The summed E-state index contributed by atoms with van der Waals surface area (Å²) >= 11 is 0. The minimum atomic E-state index is -3.32. The molecule has 1 aromatic rings. The smallest absolute Gasteiger partial charge is 0.264 e. The second kappa shape index (κ2) is 3.60. The Hall–Kier alpha value is -1.29. The van der Waals surface area contributed by atoms with Crippen molar-refractivity contribution in [2.24, 2.45) is 5.92 Å². The fraction of sp³-hybridized carbons (Fsp3) is 0.385. The van der Waals surface area contributed by atoms with Crippen LogP contribution in [0.3, 0.4) is 0 Å². The molecule has 1 saturated heterocycles. The van der Waals surface area contributed by atoms with Gasteiger partial charge in [-0.25, -0.2) is 8.42 Å². The Bertz CT molecular complexity index is 572. The molecule has 1 aromatic carbocycles. The van der Waals surface area contributed by atoms with Crippen LogP contribution in [0.2, 0.25) is 0 Å². The largest absolute Gasteiger partial charge is 0.270 e. The molecule has 0 radical (unpaired) electrons. The van der Waals surface area contributed by atoms with E-state index in [0.29, 0.717) is 17.4 Å². The second-order valence-electron chi connectivity index (χ2n) is 4.74. The number of hydrogen-bond donors (Lipinski definition) is 0. The van der Waals surface area contributed by atoms with Crippen molar-refractivity contribution in [3.05, 3.63) is 41.6 Å². The van der Waals surface area contributed by atoms with Crippen LogP contribution in [0.5, 0.6) is 0 Å². The molecule has 17 heavy (non-hydrogen) atoms. The van der Waals surface area contributed by atoms with Crippen LogP contribution in [-0.2, 0) is 10.0 Å². The fourth-order valence-electron chi connectivity index (χ4n) is 2.46. The zero-order valence-electron chi connectivity index (χ0n) is 9.76. The summed E-state index contributed by atoms with van der Waals surface area (Å²) in [6, 6.07) is 7.07. The van der Waals surface area contributed by atoms with E-state index in [4.69, 9.17) is 0 Å². The zero-order valence-corrected chi connectivity index (χ0v) is 10.6. The summed E-state index contributed by atoms with van der Waals surface area (Å²) < 4.78 is 26.4. The lowest BCUT2D eigenvalue weighted by Gasteiger charge is -2.27. The molecule has 0 spiro atoms. The number of rotatable bonds is 2. The van der Waals surface area contributed by atoms with Crippen LogP contribution >= 0.6 is 0 Å². The predicted octanol–water partition coefficient (Wildman–Crippen LogP) is 2.29. The molecule has 4 heteroatoms. The molecule has 90 valence electrons. The van der Waals surface area contributed by atoms with Gasteiger partial charge in [0, 0.05) is 18.2 Å². The molecule has 0 aromatic heterocycles. The molecule has 1 aliphatic carbocycles. The molecule has 1 aliphatic heterocycles. The van der Waals surface area contributed by atoms with E-state index in [9.17, 15) is 8.42 Å². The van der Waals surface area contributed by atoms with Crippen LogP contribution < -0.4 is 0 Å². The van der Waals surface area contributed by atoms with Gasteiger partial charge in [0.2, 0.25) is 0 Å². The Morgan fingerprint density at radius 2 is 1.94 bits per heavy atom. The highest BCUT2D eigenvalue weighted by Gasteiger charge is 2.39. The molecule has 3 rings (SSSR count). The molecular weight excluding hydrogens is 234 g/mol. The van der Waals surface area contributed by atoms with Gasteiger partial charge in [-0.2, -0.15) is 0 Å². The number of benzene rings is 1. The van der Waals surface area contributed by atoms with Gasteiger partial charge in [-0.3, -0.25) is 4.31 Å². The highest BCUT2D eigenvalue weighted by molar-refractivity contribution is 7.89. The number of aryl methyl sites for hydroxylation is 1. The molecule has 2 aliphatic rings. The Labute approximate surface area is 102 Å². The lowest BCUT2D eigenvalue weighted by atomic mass is 9.91. The highest BCUT2D eigenvalue weighted by atomic mass is 32.2. The Morgan fingerprint density at radius 3 is 2.47 bits per heavy atom. The summed E-state index contributed by atoms with van der Waals surface area (Å²) in [6.45, 7) is 2.59. The highest BCUT2D eigenvalue weighted by Crippen LogP contribution is 2.41. The predicted molar refractivity (Wildman–Crippen MR) is 65.9 cm³/mol. The van der Waals surface area contributed by atoms with Crippen molar-refractivity contribution in [3.8, 4) is 0 Å². The van der Waals surface area contributed by atoms with Gasteiger partial charge in [-0.15, -0.1) is 0 Å². The molecular formula is C13H15NO2S. The molecule has 3 nitrogen and oxygen atoms in total. The third-order valence-corrected chi connectivity index (χ3v) is 5.45. The van der Waals surface area contributed by atoms with Crippen molar-refractivity contribution >= 4 is 10.0 Å². The first kappa shape index (κ1) is 10.8. The van der Waals surface area contributed by atoms with Gasteiger partial charge in [0.15, 0.2) is 0 Å². The van der Waals surface area contributed by atoms with E-state index in [-0.39, 0.29) is 0 Å². The average molecular weight is 249 g/mol. The molecule has 1 fully saturated rings. The van der Waals surface area contributed by atoms with Crippen molar-refractivity contribution in [2.45, 2.75) is 24.7 Å². The first-order valence-corrected chi connectivity index (χ1v) is 7.32. The van der Waals surface area contributed by atoms with Crippen molar-refractivity contribution < 1.29 is 8.42 Å². The average Bonchev–Trinajstić information content (AvgIpc) is 2.55. The number of nitrogens with zero attached hydrogens (tertiary/aromatic N) is 1. The lowest BCUT2D eigenvalue weighted by molar-refractivity contribution is 0.495. The number of allylic oxidation sites excluding steroid dienone is 2. The van der Waals surface area contributed by atoms with E-state index in [1.165, 1.54) is 0 Å². The molecule has 1 atom stereocenters. The molecule has 0 N–H and O–H groups in total.